The summed E-state index contributed by atoms with van der Waals surface area (Å²) in [6, 6.07) is 11.5. The Labute approximate surface area is 205 Å². The topological polar surface area (TPSA) is 98.7 Å². The molecule has 0 amide bonds. The summed E-state index contributed by atoms with van der Waals surface area (Å²) in [4.78, 5) is 4.64. The fraction of sp³-hybridized carbons (Fsp3) is 0.409. The monoisotopic (exact) mass is 554 g/mol. The minimum absolute atomic E-state index is 0. The van der Waals surface area contributed by atoms with Crippen LogP contribution in [0.4, 0.5) is 5.69 Å². The van der Waals surface area contributed by atoms with Crippen molar-refractivity contribution in [1.29, 1.82) is 0 Å². The molecular formula is C22H31IN6O3. The first kappa shape index (κ1) is 25.7. The van der Waals surface area contributed by atoms with E-state index in [0.717, 1.165) is 29.4 Å². The number of guanidine groups is 1. The standard InChI is InChI=1S/C22H30N6O3.HI/c1-17(2)31-19-9-7-18(8-10-19)26-22(24-14-21-27-25-16-28(21)3)23-11-5-12-29-15-20-6-4-13-30-20;/h4,6-10,13,16-17H,5,11-12,14-15H2,1-3H3,(H2,23,24,26);1H. The lowest BCUT2D eigenvalue weighted by Crippen LogP contribution is -2.32. The number of nitrogens with zero attached hydrogens (tertiary/aromatic N) is 4. The number of rotatable bonds is 11. The van der Waals surface area contributed by atoms with Gasteiger partial charge in [0.1, 0.15) is 31.0 Å². The van der Waals surface area contributed by atoms with E-state index in [1.165, 1.54) is 0 Å². The van der Waals surface area contributed by atoms with Crippen molar-refractivity contribution in [3.63, 3.8) is 0 Å². The highest BCUT2D eigenvalue weighted by Crippen LogP contribution is 2.17. The van der Waals surface area contributed by atoms with E-state index >= 15 is 0 Å². The summed E-state index contributed by atoms with van der Waals surface area (Å²) in [5, 5.41) is 14.6. The number of halogens is 1. The number of benzene rings is 1. The highest BCUT2D eigenvalue weighted by Gasteiger charge is 2.05. The van der Waals surface area contributed by atoms with Gasteiger partial charge < -0.3 is 29.1 Å². The first-order valence-electron chi connectivity index (χ1n) is 10.3. The van der Waals surface area contributed by atoms with Gasteiger partial charge in [-0.25, -0.2) is 4.99 Å². The maximum absolute atomic E-state index is 5.70. The van der Waals surface area contributed by atoms with Crippen LogP contribution >= 0.6 is 24.0 Å². The third-order valence-electron chi connectivity index (χ3n) is 4.25. The first-order chi connectivity index (χ1) is 15.1. The van der Waals surface area contributed by atoms with Crippen LogP contribution in [0.2, 0.25) is 0 Å². The van der Waals surface area contributed by atoms with E-state index in [2.05, 4.69) is 25.8 Å². The summed E-state index contributed by atoms with van der Waals surface area (Å²) >= 11 is 0. The zero-order chi connectivity index (χ0) is 21.9. The van der Waals surface area contributed by atoms with Crippen molar-refractivity contribution in [2.75, 3.05) is 18.5 Å². The average molecular weight is 554 g/mol. The van der Waals surface area contributed by atoms with Crippen LogP contribution in [0.1, 0.15) is 31.9 Å². The first-order valence-corrected chi connectivity index (χ1v) is 10.3. The Morgan fingerprint density at radius 3 is 2.69 bits per heavy atom. The number of hydrogen-bond donors (Lipinski definition) is 2. The molecule has 2 aromatic heterocycles. The molecule has 0 bridgehead atoms. The van der Waals surface area contributed by atoms with Crippen LogP contribution in [0.25, 0.3) is 0 Å². The molecule has 32 heavy (non-hydrogen) atoms. The van der Waals surface area contributed by atoms with Crippen LogP contribution in [0.5, 0.6) is 5.75 Å². The molecule has 0 aliphatic heterocycles. The lowest BCUT2D eigenvalue weighted by Gasteiger charge is -2.14. The predicted octanol–water partition coefficient (Wildman–Crippen LogP) is 3.98. The zero-order valence-electron chi connectivity index (χ0n) is 18.7. The van der Waals surface area contributed by atoms with Crippen molar-refractivity contribution in [3.05, 3.63) is 60.6 Å². The minimum Gasteiger partial charge on any atom is -0.491 e. The number of aliphatic imine (C=N–C) groups is 1. The average Bonchev–Trinajstić information content (AvgIpc) is 3.41. The third kappa shape index (κ3) is 8.87. The maximum atomic E-state index is 5.70. The quantitative estimate of drug-likeness (QED) is 0.160. The van der Waals surface area contributed by atoms with Gasteiger partial charge in [-0.15, -0.1) is 34.2 Å². The summed E-state index contributed by atoms with van der Waals surface area (Å²) < 4.78 is 18.4. The molecule has 0 aliphatic carbocycles. The molecule has 0 saturated carbocycles. The Hall–Kier alpha value is -2.60. The van der Waals surface area contributed by atoms with Gasteiger partial charge in [0.2, 0.25) is 0 Å². The Bertz CT molecular complexity index is 926. The summed E-state index contributed by atoms with van der Waals surface area (Å²) in [7, 11) is 1.90. The van der Waals surface area contributed by atoms with E-state index < -0.39 is 0 Å². The van der Waals surface area contributed by atoms with Gasteiger partial charge in [-0.2, -0.15) is 0 Å². The van der Waals surface area contributed by atoms with Crippen LogP contribution in [0.15, 0.2) is 58.4 Å². The Balaban J connectivity index is 0.00000363. The van der Waals surface area contributed by atoms with Crippen molar-refractivity contribution >= 4 is 35.6 Å². The highest BCUT2D eigenvalue weighted by atomic mass is 127. The number of furan rings is 1. The Morgan fingerprint density at radius 1 is 1.22 bits per heavy atom. The molecule has 0 atom stereocenters. The van der Waals surface area contributed by atoms with Gasteiger partial charge in [0.25, 0.3) is 0 Å². The largest absolute Gasteiger partial charge is 0.491 e. The second kappa shape index (κ2) is 13.7. The Kier molecular flexibility index (Phi) is 11.0. The van der Waals surface area contributed by atoms with E-state index in [9.17, 15) is 0 Å². The highest BCUT2D eigenvalue weighted by molar-refractivity contribution is 14.0. The SMILES string of the molecule is CC(C)Oc1ccc(NC(=NCc2nncn2C)NCCCOCc2ccco2)cc1.I. The molecule has 0 fully saturated rings. The summed E-state index contributed by atoms with van der Waals surface area (Å²) in [6.45, 7) is 6.22. The molecule has 2 N–H and O–H groups in total. The van der Waals surface area contributed by atoms with Gasteiger partial charge >= 0.3 is 0 Å². The second-order valence-corrected chi connectivity index (χ2v) is 7.25. The van der Waals surface area contributed by atoms with Crippen molar-refractivity contribution in [3.8, 4) is 5.75 Å². The molecule has 3 aromatic rings. The van der Waals surface area contributed by atoms with Crippen LogP contribution in [-0.2, 0) is 24.9 Å². The van der Waals surface area contributed by atoms with Crippen LogP contribution in [0, 0.1) is 0 Å². The molecule has 174 valence electrons. The van der Waals surface area contributed by atoms with Crippen LogP contribution in [-0.4, -0.2) is 40.0 Å². The molecule has 0 radical (unpaired) electrons. The maximum Gasteiger partial charge on any atom is 0.196 e. The van der Waals surface area contributed by atoms with E-state index in [1.807, 2.05) is 61.9 Å². The summed E-state index contributed by atoms with van der Waals surface area (Å²) in [6.07, 6.45) is 4.27. The van der Waals surface area contributed by atoms with Gasteiger partial charge in [0.05, 0.1) is 12.4 Å². The summed E-state index contributed by atoms with van der Waals surface area (Å²) in [5.74, 6) is 3.10. The molecule has 10 heteroatoms. The number of hydrogen-bond acceptors (Lipinski definition) is 6. The van der Waals surface area contributed by atoms with E-state index in [-0.39, 0.29) is 30.1 Å². The van der Waals surface area contributed by atoms with Gasteiger partial charge in [-0.3, -0.25) is 0 Å². The van der Waals surface area contributed by atoms with Gasteiger partial charge in [0, 0.05) is 25.9 Å². The van der Waals surface area contributed by atoms with E-state index in [0.29, 0.717) is 32.3 Å². The molecule has 3 rings (SSSR count). The van der Waals surface area contributed by atoms with Crippen molar-refractivity contribution in [2.24, 2.45) is 12.0 Å². The van der Waals surface area contributed by atoms with Crippen LogP contribution < -0.4 is 15.4 Å². The molecular weight excluding hydrogens is 523 g/mol. The van der Waals surface area contributed by atoms with Crippen LogP contribution in [0.3, 0.4) is 0 Å². The lowest BCUT2D eigenvalue weighted by atomic mass is 10.3. The number of anilines is 1. The number of aromatic nitrogens is 3. The summed E-state index contributed by atoms with van der Waals surface area (Å²) in [5.41, 5.74) is 0.911. The van der Waals surface area contributed by atoms with Gasteiger partial charge in [-0.05, 0) is 56.7 Å². The van der Waals surface area contributed by atoms with E-state index in [1.54, 1.807) is 12.6 Å². The molecule has 1 aromatic carbocycles. The smallest absolute Gasteiger partial charge is 0.196 e. The Morgan fingerprint density at radius 2 is 2.03 bits per heavy atom. The molecule has 0 saturated heterocycles. The molecule has 0 aliphatic rings. The van der Waals surface area contributed by atoms with Crippen molar-refractivity contribution in [2.45, 2.75) is 39.5 Å². The second-order valence-electron chi connectivity index (χ2n) is 7.25. The minimum atomic E-state index is 0. The number of aryl methyl sites for hydroxylation is 1. The van der Waals surface area contributed by atoms with Gasteiger partial charge in [-0.1, -0.05) is 0 Å². The zero-order valence-corrected chi connectivity index (χ0v) is 21.0. The normalized spacial score (nSPS) is 11.3. The third-order valence-corrected chi connectivity index (χ3v) is 4.25. The number of ether oxygens (including phenoxy) is 2. The fourth-order valence-electron chi connectivity index (χ4n) is 2.71. The number of nitrogens with one attached hydrogen (secondary N) is 2. The molecule has 2 heterocycles. The molecule has 0 unspecified atom stereocenters. The predicted molar refractivity (Wildman–Crippen MR) is 134 cm³/mol. The van der Waals surface area contributed by atoms with Crippen molar-refractivity contribution in [1.82, 2.24) is 20.1 Å². The van der Waals surface area contributed by atoms with E-state index in [4.69, 9.17) is 13.9 Å². The fourth-order valence-corrected chi connectivity index (χ4v) is 2.71. The van der Waals surface area contributed by atoms with Gasteiger partial charge in [0.15, 0.2) is 11.8 Å². The molecule has 0 spiro atoms. The van der Waals surface area contributed by atoms with Crippen molar-refractivity contribution < 1.29 is 13.9 Å². The molecule has 9 nitrogen and oxygen atoms in total. The lowest BCUT2D eigenvalue weighted by molar-refractivity contribution is 0.105.